The first kappa shape index (κ1) is 33.7. The number of nitrogens with zero attached hydrogens (tertiary/aromatic N) is 3. The maximum atomic E-state index is 14.8. The lowest BCUT2D eigenvalue weighted by Crippen LogP contribution is -2.61. The Kier molecular flexibility index (Phi) is 10.0. The first-order valence-corrected chi connectivity index (χ1v) is 15.9. The van der Waals surface area contributed by atoms with Crippen molar-refractivity contribution in [3.8, 4) is 5.75 Å². The van der Waals surface area contributed by atoms with Crippen molar-refractivity contribution < 1.29 is 29.0 Å². The van der Waals surface area contributed by atoms with Crippen LogP contribution in [0.1, 0.15) is 67.2 Å². The fraction of sp³-hybridized carbons (Fsp3) is 0.629. The Labute approximate surface area is 262 Å². The molecule has 0 radical (unpaired) electrons. The first-order chi connectivity index (χ1) is 20.8. The molecule has 5 atom stereocenters. The van der Waals surface area contributed by atoms with Crippen LogP contribution in [0.4, 0.5) is 5.69 Å². The van der Waals surface area contributed by atoms with E-state index in [0.717, 1.165) is 6.42 Å². The Balaban J connectivity index is 1.74. The molecule has 3 heterocycles. The number of likely N-dealkylation sites (tertiary alicyclic amines) is 1. The van der Waals surface area contributed by atoms with Crippen molar-refractivity contribution in [1.29, 1.82) is 0 Å². The summed E-state index contributed by atoms with van der Waals surface area (Å²) in [5.41, 5.74) is -1.04. The second-order valence-corrected chi connectivity index (χ2v) is 14.1. The summed E-state index contributed by atoms with van der Waals surface area (Å²) in [4.78, 5) is 48.6. The molecule has 242 valence electrons. The predicted molar refractivity (Wildman–Crippen MR) is 171 cm³/mol. The van der Waals surface area contributed by atoms with Crippen molar-refractivity contribution in [3.05, 3.63) is 49.6 Å². The Morgan fingerprint density at radius 1 is 1.11 bits per heavy atom. The topological polar surface area (TPSA) is 99.6 Å². The van der Waals surface area contributed by atoms with Crippen LogP contribution >= 0.6 is 0 Å². The Morgan fingerprint density at radius 3 is 2.34 bits per heavy atom. The minimum Gasteiger partial charge on any atom is -0.494 e. The van der Waals surface area contributed by atoms with Gasteiger partial charge in [0.15, 0.2) is 0 Å². The van der Waals surface area contributed by atoms with Gasteiger partial charge in [-0.1, -0.05) is 32.9 Å². The molecule has 3 aliphatic rings. The molecule has 3 aliphatic heterocycles. The van der Waals surface area contributed by atoms with Gasteiger partial charge in [-0.05, 0) is 76.1 Å². The number of rotatable bonds is 14. The van der Waals surface area contributed by atoms with Crippen LogP contribution in [0.5, 0.6) is 5.75 Å². The molecule has 3 amide bonds. The minimum atomic E-state index is -1.12. The highest BCUT2D eigenvalue weighted by Crippen LogP contribution is 2.59. The summed E-state index contributed by atoms with van der Waals surface area (Å²) >= 11 is 0. The molecule has 4 rings (SSSR count). The SMILES string of the molecule is C=CCN(C(=O)[C@@H]1[C@@H]2CCC3(O2)C(C(=O)N(CC=C)C(C)(C)CC(C)(C)C)N(CCCO)C(=O)[C@H]13)c1ccc(OCC)cc1. The highest BCUT2D eigenvalue weighted by atomic mass is 16.5. The molecular weight excluding hydrogens is 558 g/mol. The number of hydrogen-bond acceptors (Lipinski definition) is 6. The van der Waals surface area contributed by atoms with Gasteiger partial charge in [-0.15, -0.1) is 13.2 Å². The molecule has 1 N–H and O–H groups in total. The highest BCUT2D eigenvalue weighted by Gasteiger charge is 2.75. The summed E-state index contributed by atoms with van der Waals surface area (Å²) < 4.78 is 12.3. The van der Waals surface area contributed by atoms with Crippen molar-refractivity contribution in [3.63, 3.8) is 0 Å². The largest absolute Gasteiger partial charge is 0.494 e. The Bertz CT molecular complexity index is 1240. The van der Waals surface area contributed by atoms with E-state index in [1.54, 1.807) is 22.0 Å². The fourth-order valence-corrected chi connectivity index (χ4v) is 8.02. The molecule has 9 heteroatoms. The van der Waals surface area contributed by atoms with Crippen LogP contribution in [0.2, 0.25) is 0 Å². The number of anilines is 1. The molecule has 1 aromatic rings. The smallest absolute Gasteiger partial charge is 0.249 e. The maximum Gasteiger partial charge on any atom is 0.249 e. The number of fused-ring (bicyclic) bond motifs is 1. The molecule has 0 aromatic heterocycles. The zero-order valence-electron chi connectivity index (χ0n) is 27.4. The van der Waals surface area contributed by atoms with Gasteiger partial charge < -0.3 is 29.3 Å². The molecule has 0 saturated carbocycles. The normalized spacial score (nSPS) is 26.0. The van der Waals surface area contributed by atoms with Gasteiger partial charge in [0.1, 0.15) is 17.4 Å². The van der Waals surface area contributed by atoms with Gasteiger partial charge in [0.25, 0.3) is 0 Å². The van der Waals surface area contributed by atoms with Gasteiger partial charge in [-0.2, -0.15) is 0 Å². The second kappa shape index (κ2) is 13.1. The predicted octanol–water partition coefficient (Wildman–Crippen LogP) is 4.59. The summed E-state index contributed by atoms with van der Waals surface area (Å²) in [7, 11) is 0. The van der Waals surface area contributed by atoms with Gasteiger partial charge >= 0.3 is 0 Å². The van der Waals surface area contributed by atoms with Crippen LogP contribution in [0.15, 0.2) is 49.6 Å². The molecule has 1 spiro atoms. The number of carbonyl (C=O) groups excluding carboxylic acids is 3. The molecule has 44 heavy (non-hydrogen) atoms. The van der Waals surface area contributed by atoms with E-state index >= 15 is 0 Å². The molecule has 3 fully saturated rings. The number of hydrogen-bond donors (Lipinski definition) is 1. The van der Waals surface area contributed by atoms with E-state index < -0.39 is 35.1 Å². The van der Waals surface area contributed by atoms with Gasteiger partial charge in [-0.3, -0.25) is 14.4 Å². The van der Waals surface area contributed by atoms with Crippen molar-refractivity contribution >= 4 is 23.4 Å². The Hall–Kier alpha value is -3.17. The molecule has 3 saturated heterocycles. The van der Waals surface area contributed by atoms with Crippen LogP contribution in [0.3, 0.4) is 0 Å². The zero-order valence-corrected chi connectivity index (χ0v) is 27.4. The standard InChI is InChI=1S/C35H51N3O6/c1-9-19-36(24-13-15-25(16-14-24)43-11-3)30(40)27-26-17-18-35(44-26)28(27)31(41)37(21-12-22-39)29(35)32(42)38(20-10-2)34(7,8)23-33(4,5)6/h9-10,13-16,26-29,39H,1-2,11-12,17-23H2,3-8H3/t26-,27+,28-,29?,35?/m0/s1. The summed E-state index contributed by atoms with van der Waals surface area (Å²) in [6, 6.07) is 6.40. The molecular formula is C35H51N3O6. The summed E-state index contributed by atoms with van der Waals surface area (Å²) in [5.74, 6) is -1.51. The summed E-state index contributed by atoms with van der Waals surface area (Å²) in [6.45, 7) is 21.4. The van der Waals surface area contributed by atoms with E-state index in [9.17, 15) is 19.5 Å². The number of ether oxygens (including phenoxy) is 2. The molecule has 9 nitrogen and oxygen atoms in total. The molecule has 0 aliphatic carbocycles. The first-order valence-electron chi connectivity index (χ1n) is 15.9. The number of aliphatic hydroxyl groups is 1. The number of carbonyl (C=O) groups is 3. The van der Waals surface area contributed by atoms with Crippen molar-refractivity contribution in [2.24, 2.45) is 17.3 Å². The van der Waals surface area contributed by atoms with Crippen molar-refractivity contribution in [2.45, 2.75) is 90.5 Å². The zero-order chi connectivity index (χ0) is 32.4. The molecule has 2 unspecified atom stereocenters. The van der Waals surface area contributed by atoms with Gasteiger partial charge in [0, 0.05) is 37.5 Å². The third kappa shape index (κ3) is 6.18. The number of amides is 3. The van der Waals surface area contributed by atoms with Gasteiger partial charge in [-0.25, -0.2) is 0 Å². The number of aliphatic hydroxyl groups excluding tert-OH is 1. The fourth-order valence-electron chi connectivity index (χ4n) is 8.02. The lowest BCUT2D eigenvalue weighted by atomic mass is 9.70. The highest BCUT2D eigenvalue weighted by molar-refractivity contribution is 6.03. The maximum absolute atomic E-state index is 14.8. The molecule has 2 bridgehead atoms. The monoisotopic (exact) mass is 609 g/mol. The average molecular weight is 610 g/mol. The molecule has 1 aromatic carbocycles. The van der Waals surface area contributed by atoms with Crippen molar-refractivity contribution in [2.75, 3.05) is 37.7 Å². The third-order valence-corrected chi connectivity index (χ3v) is 9.18. The van der Waals surface area contributed by atoms with E-state index in [1.807, 2.05) is 49.9 Å². The van der Waals surface area contributed by atoms with Crippen LogP contribution in [0.25, 0.3) is 0 Å². The van der Waals surface area contributed by atoms with Gasteiger partial charge in [0.05, 0.1) is 24.5 Å². The van der Waals surface area contributed by atoms with Crippen LogP contribution in [0, 0.1) is 17.3 Å². The average Bonchev–Trinajstić information content (AvgIpc) is 3.59. The van der Waals surface area contributed by atoms with E-state index in [4.69, 9.17) is 9.47 Å². The lowest BCUT2D eigenvalue weighted by molar-refractivity contribution is -0.152. The summed E-state index contributed by atoms with van der Waals surface area (Å²) in [5, 5.41) is 9.71. The minimum absolute atomic E-state index is 0.0542. The van der Waals surface area contributed by atoms with Gasteiger partial charge in [0.2, 0.25) is 17.7 Å². The lowest BCUT2D eigenvalue weighted by Gasteiger charge is -2.45. The number of benzene rings is 1. The van der Waals surface area contributed by atoms with Crippen molar-refractivity contribution in [1.82, 2.24) is 9.80 Å². The van der Waals surface area contributed by atoms with E-state index in [0.29, 0.717) is 43.9 Å². The quantitative estimate of drug-likeness (QED) is 0.310. The van der Waals surface area contributed by atoms with E-state index in [1.165, 1.54) is 0 Å². The third-order valence-electron chi connectivity index (χ3n) is 9.18. The van der Waals surface area contributed by atoms with E-state index in [2.05, 4.69) is 33.9 Å². The Morgan fingerprint density at radius 2 is 1.77 bits per heavy atom. The van der Waals surface area contributed by atoms with E-state index in [-0.39, 0.29) is 42.8 Å². The van der Waals surface area contributed by atoms with Crippen LogP contribution in [-0.2, 0) is 19.1 Å². The summed E-state index contributed by atoms with van der Waals surface area (Å²) in [6.07, 6.45) is 5.05. The van der Waals surface area contributed by atoms with Crippen LogP contribution in [-0.4, -0.2) is 88.8 Å². The second-order valence-electron chi connectivity index (χ2n) is 14.1. The van der Waals surface area contributed by atoms with Crippen LogP contribution < -0.4 is 9.64 Å².